The number of aliphatic hydroxyl groups is 1. The predicted molar refractivity (Wildman–Crippen MR) is 58.2 cm³/mol. The van der Waals surface area contributed by atoms with E-state index >= 15 is 0 Å². The van der Waals surface area contributed by atoms with Crippen LogP contribution in [-0.4, -0.2) is 36.9 Å². The molecule has 0 aliphatic carbocycles. The Morgan fingerprint density at radius 1 is 1.60 bits per heavy atom. The van der Waals surface area contributed by atoms with Crippen LogP contribution in [0.3, 0.4) is 0 Å². The normalized spacial score (nSPS) is 20.7. The number of hydrogen-bond acceptors (Lipinski definition) is 4. The summed E-state index contributed by atoms with van der Waals surface area (Å²) in [5.74, 6) is 2.14. The van der Waals surface area contributed by atoms with Crippen molar-refractivity contribution >= 4 is 5.82 Å². The summed E-state index contributed by atoms with van der Waals surface area (Å²) in [6.45, 7) is 2.15. The van der Waals surface area contributed by atoms with Crippen LogP contribution in [-0.2, 0) is 0 Å². The number of nitrogens with zero attached hydrogens (tertiary/aromatic N) is 2. The number of pyridine rings is 1. The van der Waals surface area contributed by atoms with E-state index in [1.54, 1.807) is 13.3 Å². The van der Waals surface area contributed by atoms with Gasteiger partial charge in [-0.2, -0.15) is 0 Å². The van der Waals surface area contributed by atoms with Gasteiger partial charge in [-0.05, 0) is 18.6 Å². The Labute approximate surface area is 89.5 Å². The van der Waals surface area contributed by atoms with E-state index in [0.29, 0.717) is 5.92 Å². The highest BCUT2D eigenvalue weighted by atomic mass is 16.5. The molecule has 1 atom stereocenters. The van der Waals surface area contributed by atoms with Crippen LogP contribution in [0.15, 0.2) is 18.3 Å². The van der Waals surface area contributed by atoms with Crippen molar-refractivity contribution in [3.05, 3.63) is 18.3 Å². The molecule has 1 aromatic rings. The van der Waals surface area contributed by atoms with E-state index in [-0.39, 0.29) is 6.61 Å². The Kier molecular flexibility index (Phi) is 3.06. The minimum Gasteiger partial charge on any atom is -0.495 e. The lowest BCUT2D eigenvalue weighted by Crippen LogP contribution is -2.21. The van der Waals surface area contributed by atoms with E-state index in [0.717, 1.165) is 31.1 Å². The van der Waals surface area contributed by atoms with Gasteiger partial charge in [0, 0.05) is 25.6 Å². The number of aromatic nitrogens is 1. The van der Waals surface area contributed by atoms with Gasteiger partial charge in [0.1, 0.15) is 11.6 Å². The van der Waals surface area contributed by atoms with E-state index in [4.69, 9.17) is 9.84 Å². The van der Waals surface area contributed by atoms with Crippen molar-refractivity contribution < 1.29 is 9.84 Å². The minimum atomic E-state index is 0.270. The predicted octanol–water partition coefficient (Wildman–Crippen LogP) is 0.909. The molecule has 1 aliphatic rings. The van der Waals surface area contributed by atoms with Crippen molar-refractivity contribution in [1.29, 1.82) is 0 Å². The summed E-state index contributed by atoms with van der Waals surface area (Å²) in [5, 5.41) is 9.05. The average Bonchev–Trinajstić information content (AvgIpc) is 2.78. The standard InChI is InChI=1S/C11H16N2O2/c1-15-10-2-3-11(12-6-10)13-5-4-9(7-13)8-14/h2-3,6,9,14H,4-5,7-8H2,1H3. The zero-order chi connectivity index (χ0) is 10.7. The summed E-state index contributed by atoms with van der Waals surface area (Å²) >= 11 is 0. The van der Waals surface area contributed by atoms with Gasteiger partial charge in [0.15, 0.2) is 0 Å². The van der Waals surface area contributed by atoms with E-state index in [2.05, 4.69) is 9.88 Å². The average molecular weight is 208 g/mol. The van der Waals surface area contributed by atoms with Crippen molar-refractivity contribution in [2.24, 2.45) is 5.92 Å². The van der Waals surface area contributed by atoms with E-state index < -0.39 is 0 Å². The van der Waals surface area contributed by atoms with Gasteiger partial charge in [-0.25, -0.2) is 4.98 Å². The first-order valence-electron chi connectivity index (χ1n) is 5.19. The molecule has 4 nitrogen and oxygen atoms in total. The highest BCUT2D eigenvalue weighted by molar-refractivity contribution is 5.41. The Hall–Kier alpha value is -1.29. The molecule has 1 fully saturated rings. The minimum absolute atomic E-state index is 0.270. The van der Waals surface area contributed by atoms with Crippen LogP contribution in [0.5, 0.6) is 5.75 Å². The molecule has 0 bridgehead atoms. The summed E-state index contributed by atoms with van der Waals surface area (Å²) in [6.07, 6.45) is 2.77. The van der Waals surface area contributed by atoms with E-state index in [1.807, 2.05) is 12.1 Å². The molecule has 0 aromatic carbocycles. The van der Waals surface area contributed by atoms with Crippen LogP contribution >= 0.6 is 0 Å². The number of aliphatic hydroxyl groups excluding tert-OH is 1. The maximum Gasteiger partial charge on any atom is 0.137 e. The molecule has 1 N–H and O–H groups in total. The molecule has 1 aliphatic heterocycles. The summed E-state index contributed by atoms with van der Waals surface area (Å²) in [5.41, 5.74) is 0. The molecule has 0 spiro atoms. The molecular formula is C11H16N2O2. The Bertz CT molecular complexity index is 313. The fourth-order valence-electron chi connectivity index (χ4n) is 1.87. The molecule has 15 heavy (non-hydrogen) atoms. The number of anilines is 1. The van der Waals surface area contributed by atoms with Gasteiger partial charge >= 0.3 is 0 Å². The van der Waals surface area contributed by atoms with E-state index in [1.165, 1.54) is 0 Å². The van der Waals surface area contributed by atoms with E-state index in [9.17, 15) is 0 Å². The quantitative estimate of drug-likeness (QED) is 0.802. The van der Waals surface area contributed by atoms with Crippen LogP contribution in [0, 0.1) is 5.92 Å². The number of ether oxygens (including phenoxy) is 1. The van der Waals surface area contributed by atoms with Crippen molar-refractivity contribution in [3.8, 4) is 5.75 Å². The first-order chi connectivity index (χ1) is 7.33. The number of hydrogen-bond donors (Lipinski definition) is 1. The molecular weight excluding hydrogens is 192 g/mol. The largest absolute Gasteiger partial charge is 0.495 e. The molecule has 1 aromatic heterocycles. The van der Waals surface area contributed by atoms with Gasteiger partial charge in [0.2, 0.25) is 0 Å². The Balaban J connectivity index is 2.04. The van der Waals surface area contributed by atoms with Crippen molar-refractivity contribution in [2.45, 2.75) is 6.42 Å². The molecule has 0 radical (unpaired) electrons. The van der Waals surface area contributed by atoms with Crippen LogP contribution in [0.2, 0.25) is 0 Å². The van der Waals surface area contributed by atoms with Crippen LogP contribution in [0.1, 0.15) is 6.42 Å². The second-order valence-electron chi connectivity index (χ2n) is 3.84. The SMILES string of the molecule is COc1ccc(N2CCC(CO)C2)nc1. The second-order valence-corrected chi connectivity index (χ2v) is 3.84. The second kappa shape index (κ2) is 4.49. The van der Waals surface area contributed by atoms with Crippen LogP contribution < -0.4 is 9.64 Å². The molecule has 2 heterocycles. The summed E-state index contributed by atoms with van der Waals surface area (Å²) in [7, 11) is 1.63. The highest BCUT2D eigenvalue weighted by Gasteiger charge is 2.22. The van der Waals surface area contributed by atoms with Gasteiger partial charge < -0.3 is 14.7 Å². The van der Waals surface area contributed by atoms with Crippen molar-refractivity contribution in [3.63, 3.8) is 0 Å². The lowest BCUT2D eigenvalue weighted by Gasteiger charge is -2.17. The molecule has 2 rings (SSSR count). The van der Waals surface area contributed by atoms with Crippen molar-refractivity contribution in [2.75, 3.05) is 31.7 Å². The highest BCUT2D eigenvalue weighted by Crippen LogP contribution is 2.22. The molecule has 0 amide bonds. The lowest BCUT2D eigenvalue weighted by molar-refractivity contribution is 0.238. The van der Waals surface area contributed by atoms with Gasteiger partial charge in [-0.1, -0.05) is 0 Å². The molecule has 1 saturated heterocycles. The number of methoxy groups -OCH3 is 1. The number of rotatable bonds is 3. The first-order valence-corrected chi connectivity index (χ1v) is 5.19. The molecule has 82 valence electrons. The van der Waals surface area contributed by atoms with Gasteiger partial charge in [0.25, 0.3) is 0 Å². The third-order valence-corrected chi connectivity index (χ3v) is 2.82. The lowest BCUT2D eigenvalue weighted by atomic mass is 10.1. The topological polar surface area (TPSA) is 45.6 Å². The van der Waals surface area contributed by atoms with Gasteiger partial charge in [-0.3, -0.25) is 0 Å². The molecule has 0 saturated carbocycles. The zero-order valence-electron chi connectivity index (χ0n) is 8.89. The maximum absolute atomic E-state index is 9.05. The molecule has 1 unspecified atom stereocenters. The zero-order valence-corrected chi connectivity index (χ0v) is 8.89. The summed E-state index contributed by atoms with van der Waals surface area (Å²) < 4.78 is 5.05. The van der Waals surface area contributed by atoms with Gasteiger partial charge in [0.05, 0.1) is 13.3 Å². The maximum atomic E-state index is 9.05. The smallest absolute Gasteiger partial charge is 0.137 e. The molecule has 4 heteroatoms. The first kappa shape index (κ1) is 10.2. The fourth-order valence-corrected chi connectivity index (χ4v) is 1.87. The van der Waals surface area contributed by atoms with Crippen molar-refractivity contribution in [1.82, 2.24) is 4.98 Å². The third kappa shape index (κ3) is 2.21. The van der Waals surface area contributed by atoms with Crippen LogP contribution in [0.4, 0.5) is 5.82 Å². The van der Waals surface area contributed by atoms with Crippen LogP contribution in [0.25, 0.3) is 0 Å². The third-order valence-electron chi connectivity index (χ3n) is 2.82. The Morgan fingerprint density at radius 3 is 3.00 bits per heavy atom. The summed E-state index contributed by atoms with van der Waals surface area (Å²) in [4.78, 5) is 6.51. The fraction of sp³-hybridized carbons (Fsp3) is 0.545. The summed E-state index contributed by atoms with van der Waals surface area (Å²) in [6, 6.07) is 3.87. The monoisotopic (exact) mass is 208 g/mol. The van der Waals surface area contributed by atoms with Gasteiger partial charge in [-0.15, -0.1) is 0 Å². The Morgan fingerprint density at radius 2 is 2.47 bits per heavy atom.